The monoisotopic (exact) mass is 606 g/mol. The Kier molecular flexibility index (Phi) is 9.24. The van der Waals surface area contributed by atoms with Crippen molar-refractivity contribution in [2.75, 3.05) is 6.54 Å². The molecular weight excluding hydrogens is 564 g/mol. The van der Waals surface area contributed by atoms with Gasteiger partial charge in [0, 0.05) is 36.0 Å². The predicted octanol–water partition coefficient (Wildman–Crippen LogP) is 4.09. The molecule has 11 heteroatoms. The number of rotatable bonds is 5. The lowest BCUT2D eigenvalue weighted by atomic mass is 10.0. The fourth-order valence-corrected chi connectivity index (χ4v) is 6.12. The van der Waals surface area contributed by atoms with E-state index in [0.29, 0.717) is 19.3 Å². The average molecular weight is 607 g/mol. The topological polar surface area (TPSA) is 147 Å². The summed E-state index contributed by atoms with van der Waals surface area (Å²) in [5, 5.41) is 16.6. The Balaban J connectivity index is 1.39. The van der Waals surface area contributed by atoms with E-state index < -0.39 is 53.2 Å². The molecule has 1 saturated carbocycles. The van der Waals surface area contributed by atoms with Crippen molar-refractivity contribution in [2.24, 2.45) is 5.92 Å². The number of carbonyl (C=O) groups excluding carboxylic acids is 3. The highest BCUT2D eigenvalue weighted by Crippen LogP contribution is 2.45. The molecule has 11 nitrogen and oxygen atoms in total. The lowest BCUT2D eigenvalue weighted by Crippen LogP contribution is -2.56. The molecule has 44 heavy (non-hydrogen) atoms. The zero-order valence-electron chi connectivity index (χ0n) is 25.6. The number of carboxylic acids is 1. The van der Waals surface area contributed by atoms with Gasteiger partial charge in [0.15, 0.2) is 0 Å². The molecule has 1 aromatic heterocycles. The Bertz CT molecular complexity index is 1430. The normalized spacial score (nSPS) is 28.6. The number of carbonyl (C=O) groups is 4. The number of hydrogen-bond donors (Lipinski definition) is 3. The number of alkyl carbamates (subject to hydrolysis) is 1. The molecule has 236 valence electrons. The highest BCUT2D eigenvalue weighted by Gasteiger charge is 2.61. The number of nitrogens with one attached hydrogen (secondary N) is 2. The summed E-state index contributed by atoms with van der Waals surface area (Å²) in [6.07, 6.45) is 8.34. The van der Waals surface area contributed by atoms with Gasteiger partial charge in [0.25, 0.3) is 0 Å². The molecule has 3 heterocycles. The zero-order valence-corrected chi connectivity index (χ0v) is 25.6. The Morgan fingerprint density at radius 3 is 2.73 bits per heavy atom. The standard InChI is InChI=1S/C33H42N4O7/c1-32(2,3)44-31(42)35-25-15-8-6-4-5-7-14-23-18-33(23,30(40)41)36-28(38)26-17-24(19-37(26)29(25)39)43-20-22-12-9-11-21-13-10-16-34-27(21)22/h7,9-14,16,23-26H,4-6,8,15,17-20H2,1-3H3,(H,35,42)(H,36,38)(H,40,41)/b14-7-/t23-,24-,25+,26+,33-/m1/s1. The highest BCUT2D eigenvalue weighted by molar-refractivity contribution is 5.96. The zero-order chi connectivity index (χ0) is 31.5. The molecule has 5 atom stereocenters. The summed E-state index contributed by atoms with van der Waals surface area (Å²) < 4.78 is 11.7. The molecule has 2 aromatic rings. The molecule has 0 bridgehead atoms. The molecule has 2 fully saturated rings. The number of benzene rings is 1. The highest BCUT2D eigenvalue weighted by atomic mass is 16.6. The quantitative estimate of drug-likeness (QED) is 0.431. The second kappa shape index (κ2) is 12.9. The number of para-hydroxylation sites is 1. The van der Waals surface area contributed by atoms with E-state index in [2.05, 4.69) is 15.6 Å². The molecule has 0 unspecified atom stereocenters. The third-order valence-electron chi connectivity index (χ3n) is 8.50. The Morgan fingerprint density at radius 1 is 1.16 bits per heavy atom. The number of pyridine rings is 1. The number of aliphatic carboxylic acids is 1. The molecule has 1 aromatic carbocycles. The maximum Gasteiger partial charge on any atom is 0.408 e. The van der Waals surface area contributed by atoms with E-state index in [4.69, 9.17) is 9.47 Å². The van der Waals surface area contributed by atoms with Crippen molar-refractivity contribution in [1.29, 1.82) is 0 Å². The van der Waals surface area contributed by atoms with E-state index in [1.165, 1.54) is 4.90 Å². The van der Waals surface area contributed by atoms with E-state index in [-0.39, 0.29) is 25.5 Å². The van der Waals surface area contributed by atoms with Gasteiger partial charge in [0.1, 0.15) is 23.2 Å². The Morgan fingerprint density at radius 2 is 1.95 bits per heavy atom. The van der Waals surface area contributed by atoms with Crippen LogP contribution >= 0.6 is 0 Å². The number of fused-ring (bicyclic) bond motifs is 3. The SMILES string of the molecule is CC(C)(C)OC(=O)N[C@H]1CCCCC/C=C\[C@@H]2C[C@@]2(C(=O)O)NC(=O)[C@@H]2C[C@@H](OCc3cccc4cccnc34)CN2C1=O. The van der Waals surface area contributed by atoms with Crippen molar-refractivity contribution in [3.63, 3.8) is 0 Å². The molecular formula is C33H42N4O7. The average Bonchev–Trinajstić information content (AvgIpc) is 3.49. The largest absolute Gasteiger partial charge is 0.479 e. The molecule has 3 aliphatic rings. The van der Waals surface area contributed by atoms with Crippen molar-refractivity contribution in [2.45, 2.75) is 102 Å². The maximum absolute atomic E-state index is 14.1. The van der Waals surface area contributed by atoms with Crippen LogP contribution in [0.1, 0.15) is 71.3 Å². The lowest BCUT2D eigenvalue weighted by Gasteiger charge is -2.30. The summed E-state index contributed by atoms with van der Waals surface area (Å²) in [5.41, 5.74) is -0.458. The van der Waals surface area contributed by atoms with Crippen LogP contribution in [0.3, 0.4) is 0 Å². The van der Waals surface area contributed by atoms with Crippen molar-refractivity contribution >= 4 is 34.8 Å². The summed E-state index contributed by atoms with van der Waals surface area (Å²) in [5.74, 6) is -2.37. The van der Waals surface area contributed by atoms with Crippen LogP contribution in [0.15, 0.2) is 48.7 Å². The number of ether oxygens (including phenoxy) is 2. The third-order valence-corrected chi connectivity index (χ3v) is 8.50. The van der Waals surface area contributed by atoms with Crippen LogP contribution in [0.4, 0.5) is 4.79 Å². The van der Waals surface area contributed by atoms with Crippen LogP contribution in [0.5, 0.6) is 0 Å². The first-order valence-electron chi connectivity index (χ1n) is 15.4. The molecule has 1 saturated heterocycles. The van der Waals surface area contributed by atoms with Crippen LogP contribution in [0.25, 0.3) is 10.9 Å². The third kappa shape index (κ3) is 7.20. The second-order valence-electron chi connectivity index (χ2n) is 13.0. The van der Waals surface area contributed by atoms with Crippen LogP contribution in [-0.2, 0) is 30.5 Å². The molecule has 1 aliphatic carbocycles. The van der Waals surface area contributed by atoms with Crippen LogP contribution in [0, 0.1) is 5.92 Å². The van der Waals surface area contributed by atoms with Crippen molar-refractivity contribution in [1.82, 2.24) is 20.5 Å². The minimum Gasteiger partial charge on any atom is -0.479 e. The first-order chi connectivity index (χ1) is 21.0. The van der Waals surface area contributed by atoms with Crippen LogP contribution in [0.2, 0.25) is 0 Å². The molecule has 0 radical (unpaired) electrons. The number of hydrogen-bond acceptors (Lipinski definition) is 7. The number of amides is 3. The maximum atomic E-state index is 14.1. The van der Waals surface area contributed by atoms with Crippen molar-refractivity contribution in [3.8, 4) is 0 Å². The minimum absolute atomic E-state index is 0.116. The number of carboxylic acid groups (broad SMARTS) is 1. The summed E-state index contributed by atoms with van der Waals surface area (Å²) in [4.78, 5) is 58.9. The van der Waals surface area contributed by atoms with Gasteiger partial charge in [-0.05, 0) is 52.5 Å². The number of nitrogens with zero attached hydrogens (tertiary/aromatic N) is 2. The van der Waals surface area contributed by atoms with Gasteiger partial charge in [-0.25, -0.2) is 9.59 Å². The van der Waals surface area contributed by atoms with Gasteiger partial charge in [-0.3, -0.25) is 14.6 Å². The number of aromatic nitrogens is 1. The fraction of sp³-hybridized carbons (Fsp3) is 0.545. The summed E-state index contributed by atoms with van der Waals surface area (Å²) in [6.45, 7) is 5.58. The molecule has 0 spiro atoms. The van der Waals surface area contributed by atoms with Gasteiger partial charge < -0.3 is 30.1 Å². The van der Waals surface area contributed by atoms with Gasteiger partial charge >= 0.3 is 12.1 Å². The van der Waals surface area contributed by atoms with E-state index in [1.807, 2.05) is 42.5 Å². The summed E-state index contributed by atoms with van der Waals surface area (Å²) >= 11 is 0. The van der Waals surface area contributed by atoms with E-state index in [9.17, 15) is 24.3 Å². The Hall–Kier alpha value is -3.99. The van der Waals surface area contributed by atoms with E-state index in [0.717, 1.165) is 35.7 Å². The molecule has 5 rings (SSSR count). The van der Waals surface area contributed by atoms with Gasteiger partial charge in [-0.15, -0.1) is 0 Å². The van der Waals surface area contributed by atoms with E-state index >= 15 is 0 Å². The lowest BCUT2D eigenvalue weighted by molar-refractivity contribution is -0.145. The first kappa shape index (κ1) is 31.4. The van der Waals surface area contributed by atoms with Crippen LogP contribution in [-0.4, -0.2) is 74.7 Å². The van der Waals surface area contributed by atoms with Gasteiger partial charge in [0.2, 0.25) is 11.8 Å². The van der Waals surface area contributed by atoms with E-state index in [1.54, 1.807) is 27.0 Å². The summed E-state index contributed by atoms with van der Waals surface area (Å²) in [6, 6.07) is 7.79. The smallest absolute Gasteiger partial charge is 0.408 e. The summed E-state index contributed by atoms with van der Waals surface area (Å²) in [7, 11) is 0. The molecule has 2 aliphatic heterocycles. The minimum atomic E-state index is -1.40. The Labute approximate surface area is 257 Å². The number of allylic oxidation sites excluding steroid dienone is 1. The second-order valence-corrected chi connectivity index (χ2v) is 13.0. The van der Waals surface area contributed by atoms with Crippen LogP contribution < -0.4 is 10.6 Å². The van der Waals surface area contributed by atoms with Gasteiger partial charge in [0.05, 0.1) is 18.2 Å². The first-order valence-corrected chi connectivity index (χ1v) is 15.4. The van der Waals surface area contributed by atoms with Gasteiger partial charge in [-0.2, -0.15) is 0 Å². The predicted molar refractivity (Wildman–Crippen MR) is 162 cm³/mol. The van der Waals surface area contributed by atoms with Crippen molar-refractivity contribution < 1.29 is 33.8 Å². The van der Waals surface area contributed by atoms with Crippen molar-refractivity contribution in [3.05, 3.63) is 54.2 Å². The van der Waals surface area contributed by atoms with Gasteiger partial charge in [-0.1, -0.05) is 49.3 Å². The fourth-order valence-electron chi connectivity index (χ4n) is 6.12. The molecule has 3 N–H and O–H groups in total. The molecule has 3 amide bonds.